The Balaban J connectivity index is 1.50. The van der Waals surface area contributed by atoms with Gasteiger partial charge in [-0.1, -0.05) is 24.3 Å². The number of rotatable bonds is 8. The quantitative estimate of drug-likeness (QED) is 0.382. The average molecular weight is 449 g/mol. The Morgan fingerprint density at radius 3 is 2.31 bits per heavy atom. The first kappa shape index (κ1) is 21.6. The molecule has 32 heavy (non-hydrogen) atoms. The van der Waals surface area contributed by atoms with Crippen molar-refractivity contribution in [3.63, 3.8) is 0 Å². The molecule has 3 aromatic carbocycles. The Bertz CT molecular complexity index is 1190. The molecule has 164 valence electrons. The number of carbonyl (C=O) groups excluding carboxylic acids is 1. The zero-order chi connectivity index (χ0) is 22.5. The third-order valence-electron chi connectivity index (χ3n) is 5.09. The molecule has 0 saturated carbocycles. The molecule has 6 nitrogen and oxygen atoms in total. The predicted molar refractivity (Wildman–Crippen MR) is 128 cm³/mol. The third kappa shape index (κ3) is 4.53. The molecule has 0 fully saturated rings. The summed E-state index contributed by atoms with van der Waals surface area (Å²) in [6, 6.07) is 19.5. The lowest BCUT2D eigenvalue weighted by Crippen LogP contribution is -2.13. The maximum Gasteiger partial charge on any atom is 0.224 e. The lowest BCUT2D eigenvalue weighted by Gasteiger charge is -2.14. The first-order chi connectivity index (χ1) is 15.6. The molecule has 1 amide bonds. The van der Waals surface area contributed by atoms with Crippen LogP contribution in [0, 0.1) is 0 Å². The van der Waals surface area contributed by atoms with Gasteiger partial charge in [-0.15, -0.1) is 11.3 Å². The molecule has 0 spiro atoms. The maximum absolute atomic E-state index is 12.8. The summed E-state index contributed by atoms with van der Waals surface area (Å²) >= 11 is 1.61. The van der Waals surface area contributed by atoms with Gasteiger partial charge in [0.2, 0.25) is 11.7 Å². The van der Waals surface area contributed by atoms with Gasteiger partial charge in [-0.3, -0.25) is 4.79 Å². The average Bonchev–Trinajstić information content (AvgIpc) is 3.26. The molecule has 0 aliphatic carbocycles. The Morgan fingerprint density at radius 2 is 1.62 bits per heavy atom. The number of nitrogens with zero attached hydrogens (tertiary/aromatic N) is 1. The van der Waals surface area contributed by atoms with Crippen LogP contribution in [0.5, 0.6) is 17.2 Å². The maximum atomic E-state index is 12.8. The number of para-hydroxylation sites is 2. The van der Waals surface area contributed by atoms with E-state index in [9.17, 15) is 4.79 Å². The molecule has 0 unspecified atom stereocenters. The lowest BCUT2D eigenvalue weighted by molar-refractivity contribution is -0.116. The van der Waals surface area contributed by atoms with Crippen LogP contribution in [0.25, 0.3) is 20.8 Å². The topological polar surface area (TPSA) is 69.7 Å². The van der Waals surface area contributed by atoms with E-state index in [0.29, 0.717) is 30.1 Å². The SMILES string of the molecule is COc1cc(CCC(=O)Nc2ccccc2-c2nc3ccccc3s2)cc(OC)c1OC. The van der Waals surface area contributed by atoms with Gasteiger partial charge in [0, 0.05) is 12.0 Å². The van der Waals surface area contributed by atoms with Gasteiger partial charge in [-0.05, 0) is 48.4 Å². The van der Waals surface area contributed by atoms with Crippen LogP contribution in [0.4, 0.5) is 5.69 Å². The Morgan fingerprint density at radius 1 is 0.938 bits per heavy atom. The molecule has 0 saturated heterocycles. The van der Waals surface area contributed by atoms with Crippen molar-refractivity contribution in [3.05, 3.63) is 66.2 Å². The fourth-order valence-corrected chi connectivity index (χ4v) is 4.52. The monoisotopic (exact) mass is 448 g/mol. The van der Waals surface area contributed by atoms with E-state index in [1.165, 1.54) is 0 Å². The number of hydrogen-bond donors (Lipinski definition) is 1. The minimum atomic E-state index is -0.0766. The van der Waals surface area contributed by atoms with Crippen LogP contribution in [0.15, 0.2) is 60.7 Å². The van der Waals surface area contributed by atoms with Gasteiger partial charge in [-0.2, -0.15) is 0 Å². The van der Waals surface area contributed by atoms with Crippen molar-refractivity contribution in [3.8, 4) is 27.8 Å². The minimum absolute atomic E-state index is 0.0766. The van der Waals surface area contributed by atoms with Crippen molar-refractivity contribution in [1.29, 1.82) is 0 Å². The second-order valence-corrected chi connectivity index (χ2v) is 8.14. The number of ether oxygens (including phenoxy) is 3. The van der Waals surface area contributed by atoms with Crippen molar-refractivity contribution in [2.45, 2.75) is 12.8 Å². The van der Waals surface area contributed by atoms with Crippen LogP contribution in [0.1, 0.15) is 12.0 Å². The molecule has 0 atom stereocenters. The molecule has 4 aromatic rings. The van der Waals surface area contributed by atoms with E-state index in [0.717, 1.165) is 32.0 Å². The zero-order valence-corrected chi connectivity index (χ0v) is 19.0. The van der Waals surface area contributed by atoms with Crippen LogP contribution in [-0.2, 0) is 11.2 Å². The van der Waals surface area contributed by atoms with Crippen molar-refractivity contribution in [1.82, 2.24) is 4.98 Å². The largest absolute Gasteiger partial charge is 0.493 e. The number of thiazole rings is 1. The molecular weight excluding hydrogens is 424 g/mol. The number of methoxy groups -OCH3 is 3. The van der Waals surface area contributed by atoms with E-state index in [1.807, 2.05) is 54.6 Å². The highest BCUT2D eigenvalue weighted by Gasteiger charge is 2.15. The summed E-state index contributed by atoms with van der Waals surface area (Å²) in [4.78, 5) is 17.5. The second kappa shape index (κ2) is 9.70. The smallest absolute Gasteiger partial charge is 0.224 e. The molecule has 7 heteroatoms. The van der Waals surface area contributed by atoms with E-state index in [4.69, 9.17) is 19.2 Å². The minimum Gasteiger partial charge on any atom is -0.493 e. The molecule has 0 aliphatic heterocycles. The molecule has 1 heterocycles. The second-order valence-electron chi connectivity index (χ2n) is 7.11. The highest BCUT2D eigenvalue weighted by atomic mass is 32.1. The molecule has 1 N–H and O–H groups in total. The van der Waals surface area contributed by atoms with E-state index in [1.54, 1.807) is 32.7 Å². The van der Waals surface area contributed by atoms with Crippen molar-refractivity contribution < 1.29 is 19.0 Å². The van der Waals surface area contributed by atoms with Gasteiger partial charge in [0.15, 0.2) is 11.5 Å². The van der Waals surface area contributed by atoms with Gasteiger partial charge < -0.3 is 19.5 Å². The number of amides is 1. The highest BCUT2D eigenvalue weighted by molar-refractivity contribution is 7.21. The van der Waals surface area contributed by atoms with Crippen LogP contribution in [0.2, 0.25) is 0 Å². The number of hydrogen-bond acceptors (Lipinski definition) is 6. The number of aromatic nitrogens is 1. The molecule has 1 aromatic heterocycles. The first-order valence-corrected chi connectivity index (χ1v) is 11.0. The first-order valence-electron chi connectivity index (χ1n) is 10.2. The van der Waals surface area contributed by atoms with Crippen LogP contribution < -0.4 is 19.5 Å². The number of carbonyl (C=O) groups is 1. The molecule has 0 bridgehead atoms. The highest BCUT2D eigenvalue weighted by Crippen LogP contribution is 2.38. The molecule has 0 aliphatic rings. The normalized spacial score (nSPS) is 10.7. The summed E-state index contributed by atoms with van der Waals surface area (Å²) in [6.07, 6.45) is 0.846. The zero-order valence-electron chi connectivity index (χ0n) is 18.2. The number of benzene rings is 3. The number of nitrogens with one attached hydrogen (secondary N) is 1. The van der Waals surface area contributed by atoms with E-state index >= 15 is 0 Å². The number of aryl methyl sites for hydroxylation is 1. The van der Waals surface area contributed by atoms with Gasteiger partial charge in [0.1, 0.15) is 5.01 Å². The standard InChI is InChI=1S/C25H24N2O4S/c1-29-20-14-16(15-21(30-2)24(20)31-3)12-13-23(28)26-18-9-5-4-8-17(18)25-27-19-10-6-7-11-22(19)32-25/h4-11,14-15H,12-13H2,1-3H3,(H,26,28). The summed E-state index contributed by atoms with van der Waals surface area (Å²) in [5, 5.41) is 3.93. The fraction of sp³-hybridized carbons (Fsp3) is 0.200. The van der Waals surface area contributed by atoms with Crippen molar-refractivity contribution >= 4 is 33.1 Å². The van der Waals surface area contributed by atoms with Gasteiger partial charge >= 0.3 is 0 Å². The predicted octanol–water partition coefficient (Wildman–Crippen LogP) is 5.56. The van der Waals surface area contributed by atoms with Crippen molar-refractivity contribution in [2.75, 3.05) is 26.6 Å². The van der Waals surface area contributed by atoms with E-state index in [2.05, 4.69) is 11.4 Å². The van der Waals surface area contributed by atoms with Crippen molar-refractivity contribution in [2.24, 2.45) is 0 Å². The van der Waals surface area contributed by atoms with Gasteiger partial charge in [-0.25, -0.2) is 4.98 Å². The molecule has 4 rings (SSSR count). The van der Waals surface area contributed by atoms with Crippen LogP contribution in [0.3, 0.4) is 0 Å². The third-order valence-corrected chi connectivity index (χ3v) is 6.16. The Hall–Kier alpha value is -3.58. The van der Waals surface area contributed by atoms with E-state index < -0.39 is 0 Å². The summed E-state index contributed by atoms with van der Waals surface area (Å²) in [7, 11) is 4.72. The van der Waals surface area contributed by atoms with Crippen LogP contribution in [-0.4, -0.2) is 32.2 Å². The van der Waals surface area contributed by atoms with Gasteiger partial charge in [0.05, 0.1) is 37.2 Å². The summed E-state index contributed by atoms with van der Waals surface area (Å²) in [6.45, 7) is 0. The summed E-state index contributed by atoms with van der Waals surface area (Å²) < 4.78 is 17.3. The lowest BCUT2D eigenvalue weighted by atomic mass is 10.1. The summed E-state index contributed by atoms with van der Waals surface area (Å²) in [5.41, 5.74) is 3.54. The summed E-state index contributed by atoms with van der Waals surface area (Å²) in [5.74, 6) is 1.60. The van der Waals surface area contributed by atoms with Crippen LogP contribution >= 0.6 is 11.3 Å². The number of anilines is 1. The fourth-order valence-electron chi connectivity index (χ4n) is 3.52. The van der Waals surface area contributed by atoms with Gasteiger partial charge in [0.25, 0.3) is 0 Å². The molecule has 0 radical (unpaired) electrons. The Labute approximate surface area is 190 Å². The molecular formula is C25H24N2O4S. The van der Waals surface area contributed by atoms with E-state index in [-0.39, 0.29) is 5.91 Å². The number of fused-ring (bicyclic) bond motifs is 1. The Kier molecular flexibility index (Phi) is 6.56.